The topological polar surface area (TPSA) is 12.5 Å². The third-order valence-corrected chi connectivity index (χ3v) is 4.06. The van der Waals surface area contributed by atoms with Crippen LogP contribution in [-0.4, -0.2) is 43.4 Å². The van der Waals surface area contributed by atoms with E-state index in [2.05, 4.69) is 11.8 Å². The lowest BCUT2D eigenvalue weighted by molar-refractivity contribution is -0.0755. The number of hydrogen-bond acceptors (Lipinski definition) is 2. The lowest BCUT2D eigenvalue weighted by Gasteiger charge is -2.38. The van der Waals surface area contributed by atoms with Gasteiger partial charge in [0.2, 0.25) is 0 Å². The summed E-state index contributed by atoms with van der Waals surface area (Å²) < 4.78 is 19.3. The van der Waals surface area contributed by atoms with Gasteiger partial charge in [-0.05, 0) is 25.3 Å². The molecule has 0 bridgehead atoms. The molecule has 2 rings (SSSR count). The number of ether oxygens (including phenoxy) is 1. The molecule has 0 aromatic heterocycles. The fourth-order valence-corrected chi connectivity index (χ4v) is 2.91. The molecule has 0 aromatic carbocycles. The van der Waals surface area contributed by atoms with Crippen LogP contribution >= 0.6 is 0 Å². The lowest BCUT2D eigenvalue weighted by atomic mass is 9.93. The van der Waals surface area contributed by atoms with Gasteiger partial charge in [0, 0.05) is 32.0 Å². The van der Waals surface area contributed by atoms with Gasteiger partial charge in [-0.25, -0.2) is 4.39 Å². The maximum absolute atomic E-state index is 13.6. The minimum Gasteiger partial charge on any atom is -0.376 e. The minimum atomic E-state index is -0.666. The van der Waals surface area contributed by atoms with Crippen LogP contribution in [0.2, 0.25) is 0 Å². The van der Waals surface area contributed by atoms with Gasteiger partial charge in [-0.3, -0.25) is 0 Å². The smallest absolute Gasteiger partial charge is 0.107 e. The Bertz CT molecular complexity index is 224. The van der Waals surface area contributed by atoms with Crippen LogP contribution in [0.25, 0.3) is 0 Å². The molecule has 0 aliphatic carbocycles. The molecule has 0 amide bonds. The molecule has 0 spiro atoms. The average molecular weight is 229 g/mol. The molecule has 0 radical (unpaired) electrons. The second-order valence-electron chi connectivity index (χ2n) is 5.58. The van der Waals surface area contributed by atoms with E-state index in [1.807, 2.05) is 6.92 Å². The van der Waals surface area contributed by atoms with Crippen molar-refractivity contribution in [3.8, 4) is 0 Å². The van der Waals surface area contributed by atoms with Gasteiger partial charge in [0.05, 0.1) is 6.10 Å². The highest BCUT2D eigenvalue weighted by atomic mass is 19.1. The Balaban J connectivity index is 1.83. The number of likely N-dealkylation sites (tertiary alicyclic amines) is 1. The summed E-state index contributed by atoms with van der Waals surface area (Å²) in [5.74, 6) is 0.847. The second kappa shape index (κ2) is 5.46. The van der Waals surface area contributed by atoms with Crippen molar-refractivity contribution in [3.05, 3.63) is 0 Å². The Kier molecular flexibility index (Phi) is 4.20. The van der Waals surface area contributed by atoms with E-state index < -0.39 is 6.17 Å². The average Bonchev–Trinajstić information content (AvgIpc) is 2.25. The van der Waals surface area contributed by atoms with Gasteiger partial charge in [0.1, 0.15) is 6.17 Å². The molecule has 0 saturated carbocycles. The Morgan fingerprint density at radius 1 is 1.31 bits per heavy atom. The van der Waals surface area contributed by atoms with Crippen molar-refractivity contribution in [2.24, 2.45) is 11.8 Å². The summed E-state index contributed by atoms with van der Waals surface area (Å²) in [6, 6.07) is 0. The van der Waals surface area contributed by atoms with Crippen molar-refractivity contribution in [1.82, 2.24) is 4.90 Å². The number of nitrogens with zero attached hydrogens (tertiary/aromatic N) is 1. The third kappa shape index (κ3) is 2.95. The Morgan fingerprint density at radius 3 is 2.88 bits per heavy atom. The summed E-state index contributed by atoms with van der Waals surface area (Å²) in [6.45, 7) is 8.13. The highest BCUT2D eigenvalue weighted by molar-refractivity contribution is 4.82. The maximum atomic E-state index is 13.6. The van der Waals surface area contributed by atoms with Crippen LogP contribution in [-0.2, 0) is 4.74 Å². The Labute approximate surface area is 98.1 Å². The number of piperidine rings is 1. The molecule has 94 valence electrons. The molecule has 0 unspecified atom stereocenters. The van der Waals surface area contributed by atoms with Crippen molar-refractivity contribution in [3.63, 3.8) is 0 Å². The molecule has 3 heteroatoms. The van der Waals surface area contributed by atoms with Crippen molar-refractivity contribution in [2.45, 2.75) is 45.4 Å². The normalized spacial score (nSPS) is 42.2. The summed E-state index contributed by atoms with van der Waals surface area (Å²) in [5.41, 5.74) is 0. The van der Waals surface area contributed by atoms with Gasteiger partial charge in [-0.1, -0.05) is 13.8 Å². The monoisotopic (exact) mass is 229 g/mol. The van der Waals surface area contributed by atoms with E-state index in [1.165, 1.54) is 12.8 Å². The third-order valence-electron chi connectivity index (χ3n) is 4.06. The van der Waals surface area contributed by atoms with E-state index in [4.69, 9.17) is 4.74 Å². The van der Waals surface area contributed by atoms with E-state index in [9.17, 15) is 4.39 Å². The fraction of sp³-hybridized carbons (Fsp3) is 1.00. The Hall–Kier alpha value is -0.150. The zero-order valence-corrected chi connectivity index (χ0v) is 10.5. The van der Waals surface area contributed by atoms with Gasteiger partial charge >= 0.3 is 0 Å². The highest BCUT2D eigenvalue weighted by Gasteiger charge is 2.32. The summed E-state index contributed by atoms with van der Waals surface area (Å²) >= 11 is 0. The molecule has 4 atom stereocenters. The molecular weight excluding hydrogens is 205 g/mol. The number of alkyl halides is 1. The van der Waals surface area contributed by atoms with Crippen LogP contribution in [0.15, 0.2) is 0 Å². The van der Waals surface area contributed by atoms with Crippen LogP contribution < -0.4 is 0 Å². The van der Waals surface area contributed by atoms with Crippen LogP contribution in [0, 0.1) is 11.8 Å². The van der Waals surface area contributed by atoms with Gasteiger partial charge in [-0.2, -0.15) is 0 Å². The second-order valence-corrected chi connectivity index (χ2v) is 5.58. The molecule has 2 nitrogen and oxygen atoms in total. The van der Waals surface area contributed by atoms with E-state index >= 15 is 0 Å². The van der Waals surface area contributed by atoms with Crippen molar-refractivity contribution in [1.29, 1.82) is 0 Å². The maximum Gasteiger partial charge on any atom is 0.107 e. The fourth-order valence-electron chi connectivity index (χ4n) is 2.91. The van der Waals surface area contributed by atoms with Crippen LogP contribution in [0.3, 0.4) is 0 Å². The highest BCUT2D eigenvalue weighted by Crippen LogP contribution is 2.25. The molecule has 2 aliphatic rings. The summed E-state index contributed by atoms with van der Waals surface area (Å²) in [7, 11) is 0. The Morgan fingerprint density at radius 2 is 2.12 bits per heavy atom. The first-order chi connectivity index (χ1) is 7.66. The van der Waals surface area contributed by atoms with Crippen molar-refractivity contribution in [2.75, 3.05) is 26.2 Å². The van der Waals surface area contributed by atoms with E-state index in [0.717, 1.165) is 25.6 Å². The minimum absolute atomic E-state index is 0.0611. The van der Waals surface area contributed by atoms with E-state index in [-0.39, 0.29) is 12.0 Å². The quantitative estimate of drug-likeness (QED) is 0.721. The molecule has 2 aliphatic heterocycles. The standard InChI is InChI=1S/C13H24FNO/c1-10-4-3-6-15(8-10)9-13-11(2)12(14)5-7-16-13/h10-13H,3-9H2,1-2H3/t10-,11-,12-,13+/m0/s1. The van der Waals surface area contributed by atoms with E-state index in [0.29, 0.717) is 13.0 Å². The zero-order chi connectivity index (χ0) is 11.5. The predicted octanol–water partition coefficient (Wildman–Crippen LogP) is 2.48. The first-order valence-corrected chi connectivity index (χ1v) is 6.65. The van der Waals surface area contributed by atoms with Crippen molar-refractivity contribution < 1.29 is 9.13 Å². The summed E-state index contributed by atoms with van der Waals surface area (Å²) in [6.07, 6.45) is 2.63. The van der Waals surface area contributed by atoms with Crippen LogP contribution in [0.1, 0.15) is 33.1 Å². The molecule has 16 heavy (non-hydrogen) atoms. The van der Waals surface area contributed by atoms with Crippen LogP contribution in [0.4, 0.5) is 4.39 Å². The zero-order valence-electron chi connectivity index (χ0n) is 10.5. The van der Waals surface area contributed by atoms with Gasteiger partial charge in [0.15, 0.2) is 0 Å². The molecule has 2 saturated heterocycles. The lowest BCUT2D eigenvalue weighted by Crippen LogP contribution is -2.46. The number of hydrogen-bond donors (Lipinski definition) is 0. The van der Waals surface area contributed by atoms with Gasteiger partial charge in [0.25, 0.3) is 0 Å². The van der Waals surface area contributed by atoms with Crippen molar-refractivity contribution >= 4 is 0 Å². The largest absolute Gasteiger partial charge is 0.376 e. The molecule has 0 N–H and O–H groups in total. The SMILES string of the molecule is C[C@H]1CCCN(C[C@H]2OCC[C@H](F)[C@@H]2C)C1. The van der Waals surface area contributed by atoms with Gasteiger partial charge < -0.3 is 9.64 Å². The molecule has 0 aromatic rings. The number of rotatable bonds is 2. The molecule has 2 fully saturated rings. The first-order valence-electron chi connectivity index (χ1n) is 6.65. The van der Waals surface area contributed by atoms with E-state index in [1.54, 1.807) is 0 Å². The summed E-state index contributed by atoms with van der Waals surface area (Å²) in [5, 5.41) is 0. The predicted molar refractivity (Wildman–Crippen MR) is 63.3 cm³/mol. The molecule has 2 heterocycles. The van der Waals surface area contributed by atoms with Gasteiger partial charge in [-0.15, -0.1) is 0 Å². The number of halogens is 1. The molecular formula is C13H24FNO. The first kappa shape index (κ1) is 12.3. The van der Waals surface area contributed by atoms with Crippen LogP contribution in [0.5, 0.6) is 0 Å². The summed E-state index contributed by atoms with van der Waals surface area (Å²) in [4.78, 5) is 2.45.